The zero-order valence-corrected chi connectivity index (χ0v) is 18.2. The van der Waals surface area contributed by atoms with Crippen LogP contribution in [0.2, 0.25) is 0 Å². The molecule has 2 rings (SSSR count). The van der Waals surface area contributed by atoms with Gasteiger partial charge in [-0.25, -0.2) is 18.2 Å². The predicted molar refractivity (Wildman–Crippen MR) is 113 cm³/mol. The van der Waals surface area contributed by atoms with Gasteiger partial charge in [-0.05, 0) is 53.6 Å². The maximum atomic E-state index is 12.3. The summed E-state index contributed by atoms with van der Waals surface area (Å²) in [7, 11) is -2.24. The highest BCUT2D eigenvalue weighted by molar-refractivity contribution is 7.90. The van der Waals surface area contributed by atoms with Gasteiger partial charge in [-0.3, -0.25) is 5.32 Å². The van der Waals surface area contributed by atoms with E-state index < -0.39 is 15.9 Å². The van der Waals surface area contributed by atoms with Gasteiger partial charge >= 0.3 is 6.09 Å². The van der Waals surface area contributed by atoms with Crippen LogP contribution in [0, 0.1) is 11.8 Å². The third-order valence-corrected chi connectivity index (χ3v) is 5.37. The van der Waals surface area contributed by atoms with Crippen molar-refractivity contribution in [2.24, 2.45) is 11.8 Å². The lowest BCUT2D eigenvalue weighted by Gasteiger charge is -2.17. The predicted octanol–water partition coefficient (Wildman–Crippen LogP) is 4.39. The molecule has 0 bridgehead atoms. The lowest BCUT2D eigenvalue weighted by atomic mass is 10.00. The number of anilines is 1. The number of amides is 1. The van der Waals surface area contributed by atoms with Crippen LogP contribution in [0.3, 0.4) is 0 Å². The van der Waals surface area contributed by atoms with E-state index in [2.05, 4.69) is 35.8 Å². The lowest BCUT2D eigenvalue weighted by molar-refractivity contribution is 0.187. The Labute approximate surface area is 172 Å². The van der Waals surface area contributed by atoms with E-state index >= 15 is 0 Å². The van der Waals surface area contributed by atoms with E-state index in [0.717, 1.165) is 12.7 Å². The Morgan fingerprint density at radius 2 is 1.83 bits per heavy atom. The van der Waals surface area contributed by atoms with Crippen molar-refractivity contribution in [3.8, 4) is 16.9 Å². The standard InChI is InChI=1S/C21H28N2O5S/c1-14(2)10-15(3)13-28-18-7-6-16(11-19(18)29(5,25)26)17-8-9-22-20(12-17)23-21(24)27-4/h6-9,11-12,14-15H,10,13H2,1-5H3,(H,22,23,24)/t15-/m1/s1. The third kappa shape index (κ3) is 6.74. The molecule has 8 heteroatoms. The average Bonchev–Trinajstić information content (AvgIpc) is 2.65. The topological polar surface area (TPSA) is 94.6 Å². The average molecular weight is 421 g/mol. The number of ether oxygens (including phenoxy) is 2. The molecular weight excluding hydrogens is 392 g/mol. The van der Waals surface area contributed by atoms with E-state index in [1.807, 2.05) is 0 Å². The van der Waals surface area contributed by atoms with Gasteiger partial charge in [0, 0.05) is 12.5 Å². The monoisotopic (exact) mass is 420 g/mol. The van der Waals surface area contributed by atoms with Crippen LogP contribution >= 0.6 is 0 Å². The second-order valence-corrected chi connectivity index (χ2v) is 9.51. The molecule has 0 aliphatic rings. The molecular formula is C21H28N2O5S. The van der Waals surface area contributed by atoms with Crippen molar-refractivity contribution in [2.75, 3.05) is 25.3 Å². The van der Waals surface area contributed by atoms with E-state index in [-0.39, 0.29) is 4.90 Å². The summed E-state index contributed by atoms with van der Waals surface area (Å²) in [6.07, 6.45) is 3.05. The van der Waals surface area contributed by atoms with E-state index in [9.17, 15) is 13.2 Å². The number of hydrogen-bond donors (Lipinski definition) is 1. The van der Waals surface area contributed by atoms with Crippen molar-refractivity contribution in [1.82, 2.24) is 4.98 Å². The fraction of sp³-hybridized carbons (Fsp3) is 0.429. The van der Waals surface area contributed by atoms with Crippen LogP contribution in [0.15, 0.2) is 41.4 Å². The smallest absolute Gasteiger partial charge is 0.412 e. The Morgan fingerprint density at radius 1 is 1.14 bits per heavy atom. The maximum absolute atomic E-state index is 12.3. The Balaban J connectivity index is 2.32. The van der Waals surface area contributed by atoms with Gasteiger partial charge < -0.3 is 9.47 Å². The summed E-state index contributed by atoms with van der Waals surface area (Å²) < 4.78 is 35.1. The highest BCUT2D eigenvalue weighted by atomic mass is 32.2. The first-order chi connectivity index (χ1) is 13.6. The molecule has 1 N–H and O–H groups in total. The molecule has 7 nitrogen and oxygen atoms in total. The Bertz CT molecular complexity index is 957. The van der Waals surface area contributed by atoms with Crippen LogP contribution in [0.5, 0.6) is 5.75 Å². The molecule has 0 saturated carbocycles. The van der Waals surface area contributed by atoms with Crippen molar-refractivity contribution < 1.29 is 22.7 Å². The Kier molecular flexibility index (Phi) is 7.61. The first-order valence-electron chi connectivity index (χ1n) is 9.38. The van der Waals surface area contributed by atoms with Crippen LogP contribution in [-0.4, -0.2) is 39.5 Å². The van der Waals surface area contributed by atoms with Gasteiger partial charge in [0.2, 0.25) is 0 Å². The van der Waals surface area contributed by atoms with Crippen molar-refractivity contribution in [1.29, 1.82) is 0 Å². The molecule has 1 aromatic carbocycles. The van der Waals surface area contributed by atoms with E-state index in [1.165, 1.54) is 13.3 Å². The molecule has 1 atom stereocenters. The number of carbonyl (C=O) groups is 1. The fourth-order valence-electron chi connectivity index (χ4n) is 3.04. The Hall–Kier alpha value is -2.61. The minimum absolute atomic E-state index is 0.131. The third-order valence-electron chi connectivity index (χ3n) is 4.25. The molecule has 0 aliphatic carbocycles. The molecule has 1 heterocycles. The van der Waals surface area contributed by atoms with E-state index in [1.54, 1.807) is 30.3 Å². The van der Waals surface area contributed by atoms with Crippen LogP contribution in [0.4, 0.5) is 10.6 Å². The normalized spacial score (nSPS) is 12.5. The minimum atomic E-state index is -3.50. The summed E-state index contributed by atoms with van der Waals surface area (Å²) in [6, 6.07) is 8.41. The molecule has 0 spiro atoms. The second-order valence-electron chi connectivity index (χ2n) is 7.53. The molecule has 0 aliphatic heterocycles. The number of methoxy groups -OCH3 is 1. The van der Waals surface area contributed by atoms with Crippen molar-refractivity contribution >= 4 is 21.7 Å². The summed E-state index contributed by atoms with van der Waals surface area (Å²) in [4.78, 5) is 15.6. The number of benzene rings is 1. The first kappa shape index (κ1) is 22.7. The molecule has 158 valence electrons. The summed E-state index contributed by atoms with van der Waals surface area (Å²) >= 11 is 0. The molecule has 0 unspecified atom stereocenters. The van der Waals surface area contributed by atoms with Gasteiger partial charge in [-0.2, -0.15) is 0 Å². The van der Waals surface area contributed by atoms with Crippen molar-refractivity contribution in [3.05, 3.63) is 36.5 Å². The number of aromatic nitrogens is 1. The molecule has 1 aromatic heterocycles. The summed E-state index contributed by atoms with van der Waals surface area (Å²) in [6.45, 7) is 6.82. The largest absolute Gasteiger partial charge is 0.492 e. The lowest BCUT2D eigenvalue weighted by Crippen LogP contribution is -2.13. The molecule has 0 saturated heterocycles. The molecule has 2 aromatic rings. The highest BCUT2D eigenvalue weighted by Crippen LogP contribution is 2.31. The van der Waals surface area contributed by atoms with Gasteiger partial charge in [0.15, 0.2) is 9.84 Å². The van der Waals surface area contributed by atoms with Gasteiger partial charge in [0.25, 0.3) is 0 Å². The van der Waals surface area contributed by atoms with Crippen LogP contribution in [0.25, 0.3) is 11.1 Å². The number of carbonyl (C=O) groups excluding carboxylic acids is 1. The summed E-state index contributed by atoms with van der Waals surface area (Å²) in [5.41, 5.74) is 1.37. The number of hydrogen-bond acceptors (Lipinski definition) is 6. The van der Waals surface area contributed by atoms with Gasteiger partial charge in [-0.1, -0.05) is 26.8 Å². The van der Waals surface area contributed by atoms with Crippen LogP contribution in [-0.2, 0) is 14.6 Å². The number of rotatable bonds is 8. The number of nitrogens with zero attached hydrogens (tertiary/aromatic N) is 1. The van der Waals surface area contributed by atoms with Crippen LogP contribution in [0.1, 0.15) is 27.2 Å². The van der Waals surface area contributed by atoms with Gasteiger partial charge in [-0.15, -0.1) is 0 Å². The number of nitrogens with one attached hydrogen (secondary N) is 1. The number of pyridine rings is 1. The molecule has 0 fully saturated rings. The van der Waals surface area contributed by atoms with E-state index in [0.29, 0.717) is 41.1 Å². The van der Waals surface area contributed by atoms with E-state index in [4.69, 9.17) is 4.74 Å². The summed E-state index contributed by atoms with van der Waals surface area (Å²) in [5, 5.41) is 2.49. The molecule has 29 heavy (non-hydrogen) atoms. The molecule has 0 radical (unpaired) electrons. The van der Waals surface area contributed by atoms with Gasteiger partial charge in [0.1, 0.15) is 16.5 Å². The highest BCUT2D eigenvalue weighted by Gasteiger charge is 2.18. The fourth-order valence-corrected chi connectivity index (χ4v) is 3.87. The van der Waals surface area contributed by atoms with Crippen LogP contribution < -0.4 is 10.1 Å². The summed E-state index contributed by atoms with van der Waals surface area (Å²) in [5.74, 6) is 1.51. The molecule has 1 amide bonds. The second kappa shape index (κ2) is 9.73. The van der Waals surface area contributed by atoms with Crippen molar-refractivity contribution in [3.63, 3.8) is 0 Å². The SMILES string of the molecule is COC(=O)Nc1cc(-c2ccc(OC[C@H](C)CC(C)C)c(S(C)(=O)=O)c2)ccn1. The van der Waals surface area contributed by atoms with Crippen molar-refractivity contribution in [2.45, 2.75) is 32.1 Å². The zero-order valence-electron chi connectivity index (χ0n) is 17.4. The van der Waals surface area contributed by atoms with Gasteiger partial charge in [0.05, 0.1) is 13.7 Å². The quantitative estimate of drug-likeness (QED) is 0.680. The number of sulfone groups is 1. The zero-order chi connectivity index (χ0) is 21.6. The first-order valence-corrected chi connectivity index (χ1v) is 11.3. The minimum Gasteiger partial charge on any atom is -0.492 e. The Morgan fingerprint density at radius 3 is 2.45 bits per heavy atom. The maximum Gasteiger partial charge on any atom is 0.412 e.